The van der Waals surface area contributed by atoms with Crippen molar-refractivity contribution in [3.05, 3.63) is 95.3 Å². The lowest BCUT2D eigenvalue weighted by Gasteiger charge is -2.13. The number of rotatable bonds is 10. The van der Waals surface area contributed by atoms with Crippen molar-refractivity contribution < 1.29 is 23.8 Å². The number of amides is 2. The standard InChI is InChI=1S/C29H29N3O5/c1-35-22-11-9-20(10-12-22)28(33)32-25(16-19-8-13-26(36-2)27(17-19)37-3)29(34)30-15-14-21-18-31-24-7-5-4-6-23(21)24/h4-13,16-18,31H,14-15H2,1-3H3,(H,30,34)(H,32,33). The van der Waals surface area contributed by atoms with E-state index in [9.17, 15) is 9.59 Å². The minimum Gasteiger partial charge on any atom is -0.497 e. The molecule has 0 radical (unpaired) electrons. The zero-order chi connectivity index (χ0) is 26.2. The maximum atomic E-state index is 13.2. The van der Waals surface area contributed by atoms with Crippen molar-refractivity contribution in [2.45, 2.75) is 6.42 Å². The van der Waals surface area contributed by atoms with Crippen molar-refractivity contribution in [1.82, 2.24) is 15.6 Å². The van der Waals surface area contributed by atoms with E-state index in [-0.39, 0.29) is 5.70 Å². The molecule has 3 N–H and O–H groups in total. The monoisotopic (exact) mass is 499 g/mol. The molecule has 0 fully saturated rings. The molecule has 0 spiro atoms. The first-order chi connectivity index (χ1) is 18.0. The predicted octanol–water partition coefficient (Wildman–Crippen LogP) is 4.32. The molecule has 0 unspecified atom stereocenters. The van der Waals surface area contributed by atoms with Crippen LogP contribution in [-0.2, 0) is 11.2 Å². The second-order valence-corrected chi connectivity index (χ2v) is 8.22. The van der Waals surface area contributed by atoms with Crippen molar-refractivity contribution >= 4 is 28.8 Å². The van der Waals surface area contributed by atoms with Gasteiger partial charge in [0.2, 0.25) is 0 Å². The topological polar surface area (TPSA) is 102 Å². The van der Waals surface area contributed by atoms with E-state index >= 15 is 0 Å². The summed E-state index contributed by atoms with van der Waals surface area (Å²) in [5.74, 6) is 0.883. The number of hydrogen-bond donors (Lipinski definition) is 3. The lowest BCUT2D eigenvalue weighted by atomic mass is 10.1. The third-order valence-electron chi connectivity index (χ3n) is 5.92. The molecular formula is C29H29N3O5. The van der Waals surface area contributed by atoms with Crippen LogP contribution in [0.2, 0.25) is 0 Å². The fraction of sp³-hybridized carbons (Fsp3) is 0.172. The Morgan fingerprint density at radius 1 is 0.892 bits per heavy atom. The molecule has 0 bridgehead atoms. The molecular weight excluding hydrogens is 470 g/mol. The van der Waals surface area contributed by atoms with Crippen molar-refractivity contribution in [3.8, 4) is 17.2 Å². The van der Waals surface area contributed by atoms with Crippen molar-refractivity contribution in [3.63, 3.8) is 0 Å². The number of nitrogens with one attached hydrogen (secondary N) is 3. The molecule has 0 saturated heterocycles. The normalized spacial score (nSPS) is 11.2. The van der Waals surface area contributed by atoms with E-state index in [1.165, 1.54) is 7.11 Å². The molecule has 1 heterocycles. The Labute approximate surface area is 215 Å². The summed E-state index contributed by atoms with van der Waals surface area (Å²) in [6, 6.07) is 19.9. The van der Waals surface area contributed by atoms with Crippen LogP contribution in [0.5, 0.6) is 17.2 Å². The minimum absolute atomic E-state index is 0.104. The quantitative estimate of drug-likeness (QED) is 0.282. The highest BCUT2D eigenvalue weighted by molar-refractivity contribution is 6.05. The fourth-order valence-corrected chi connectivity index (χ4v) is 3.95. The molecule has 190 valence electrons. The number of ether oxygens (including phenoxy) is 3. The van der Waals surface area contributed by atoms with E-state index in [0.717, 1.165) is 16.5 Å². The predicted molar refractivity (Wildman–Crippen MR) is 143 cm³/mol. The summed E-state index contributed by atoms with van der Waals surface area (Å²) in [5, 5.41) is 6.79. The van der Waals surface area contributed by atoms with Crippen LogP contribution in [0, 0.1) is 0 Å². The van der Waals surface area contributed by atoms with Crippen molar-refractivity contribution in [2.24, 2.45) is 0 Å². The van der Waals surface area contributed by atoms with Gasteiger partial charge in [-0.3, -0.25) is 9.59 Å². The summed E-state index contributed by atoms with van der Waals surface area (Å²) in [6.07, 6.45) is 4.18. The van der Waals surface area contributed by atoms with E-state index in [1.54, 1.807) is 62.8 Å². The summed E-state index contributed by atoms with van der Waals surface area (Å²) in [6.45, 7) is 0.391. The number of benzene rings is 3. The molecule has 0 aliphatic rings. The fourth-order valence-electron chi connectivity index (χ4n) is 3.95. The van der Waals surface area contributed by atoms with Crippen molar-refractivity contribution in [2.75, 3.05) is 27.9 Å². The zero-order valence-electron chi connectivity index (χ0n) is 21.0. The van der Waals surface area contributed by atoms with Gasteiger partial charge in [0.25, 0.3) is 11.8 Å². The van der Waals surface area contributed by atoms with Crippen LogP contribution in [0.25, 0.3) is 17.0 Å². The molecule has 1 aromatic heterocycles. The third-order valence-corrected chi connectivity index (χ3v) is 5.92. The van der Waals surface area contributed by atoms with E-state index in [1.807, 2.05) is 30.5 Å². The Morgan fingerprint density at radius 3 is 2.38 bits per heavy atom. The van der Waals surface area contributed by atoms with Crippen LogP contribution in [0.1, 0.15) is 21.5 Å². The second-order valence-electron chi connectivity index (χ2n) is 8.22. The van der Waals surface area contributed by atoms with Gasteiger partial charge in [0.1, 0.15) is 11.4 Å². The largest absolute Gasteiger partial charge is 0.497 e. The van der Waals surface area contributed by atoms with Gasteiger partial charge in [-0.1, -0.05) is 24.3 Å². The summed E-state index contributed by atoms with van der Waals surface area (Å²) < 4.78 is 15.8. The Bertz CT molecular complexity index is 1420. The smallest absolute Gasteiger partial charge is 0.267 e. The maximum Gasteiger partial charge on any atom is 0.267 e. The van der Waals surface area contributed by atoms with Gasteiger partial charge in [-0.15, -0.1) is 0 Å². The van der Waals surface area contributed by atoms with Gasteiger partial charge in [0.15, 0.2) is 11.5 Å². The van der Waals surface area contributed by atoms with E-state index in [4.69, 9.17) is 14.2 Å². The Kier molecular flexibility index (Phi) is 8.10. The number of H-pyrrole nitrogens is 1. The van der Waals surface area contributed by atoms with Gasteiger partial charge < -0.3 is 29.8 Å². The third kappa shape index (κ3) is 6.10. The van der Waals surface area contributed by atoms with Crippen LogP contribution >= 0.6 is 0 Å². The van der Waals surface area contributed by atoms with Gasteiger partial charge >= 0.3 is 0 Å². The van der Waals surface area contributed by atoms with E-state index in [2.05, 4.69) is 15.6 Å². The van der Waals surface area contributed by atoms with Gasteiger partial charge in [-0.25, -0.2) is 0 Å². The second kappa shape index (κ2) is 11.8. The first-order valence-corrected chi connectivity index (χ1v) is 11.7. The molecule has 0 atom stereocenters. The van der Waals surface area contributed by atoms with Crippen molar-refractivity contribution in [1.29, 1.82) is 0 Å². The van der Waals surface area contributed by atoms with Gasteiger partial charge in [0, 0.05) is 29.2 Å². The van der Waals surface area contributed by atoms with Crippen LogP contribution in [-0.4, -0.2) is 44.7 Å². The first kappa shape index (κ1) is 25.4. The minimum atomic E-state index is -0.416. The highest BCUT2D eigenvalue weighted by Crippen LogP contribution is 2.28. The molecule has 0 aliphatic heterocycles. The average Bonchev–Trinajstić information content (AvgIpc) is 3.35. The first-order valence-electron chi connectivity index (χ1n) is 11.7. The summed E-state index contributed by atoms with van der Waals surface area (Å²) in [7, 11) is 4.64. The Balaban J connectivity index is 1.54. The summed E-state index contributed by atoms with van der Waals surface area (Å²) in [4.78, 5) is 29.4. The highest BCUT2D eigenvalue weighted by Gasteiger charge is 2.16. The molecule has 3 aromatic carbocycles. The Morgan fingerprint density at radius 2 is 1.65 bits per heavy atom. The molecule has 8 nitrogen and oxygen atoms in total. The van der Waals surface area contributed by atoms with E-state index in [0.29, 0.717) is 41.3 Å². The number of methoxy groups -OCH3 is 3. The molecule has 0 aliphatic carbocycles. The van der Waals surface area contributed by atoms with Crippen LogP contribution in [0.4, 0.5) is 0 Å². The lowest BCUT2D eigenvalue weighted by Crippen LogP contribution is -2.35. The number of hydrogen-bond acceptors (Lipinski definition) is 5. The van der Waals surface area contributed by atoms with Crippen LogP contribution < -0.4 is 24.8 Å². The van der Waals surface area contributed by atoms with Crippen LogP contribution in [0.15, 0.2) is 78.6 Å². The number of carbonyl (C=O) groups is 2. The van der Waals surface area contributed by atoms with Gasteiger partial charge in [-0.05, 0) is 66.1 Å². The Hall–Kier alpha value is -4.72. The number of aromatic amines is 1. The van der Waals surface area contributed by atoms with Gasteiger partial charge in [-0.2, -0.15) is 0 Å². The molecule has 8 heteroatoms. The van der Waals surface area contributed by atoms with Gasteiger partial charge in [0.05, 0.1) is 21.3 Å². The van der Waals surface area contributed by atoms with Crippen LogP contribution in [0.3, 0.4) is 0 Å². The maximum absolute atomic E-state index is 13.2. The number of carbonyl (C=O) groups excluding carboxylic acids is 2. The summed E-state index contributed by atoms with van der Waals surface area (Å²) >= 11 is 0. The summed E-state index contributed by atoms with van der Waals surface area (Å²) in [5.41, 5.74) is 3.31. The average molecular weight is 500 g/mol. The highest BCUT2D eigenvalue weighted by atomic mass is 16.5. The SMILES string of the molecule is COc1ccc(C(=O)NC(=Cc2ccc(OC)c(OC)c2)C(=O)NCCc2c[nH]c3ccccc23)cc1. The number of para-hydroxylation sites is 1. The molecule has 37 heavy (non-hydrogen) atoms. The molecule has 4 rings (SSSR count). The number of fused-ring (bicyclic) bond motifs is 1. The zero-order valence-corrected chi connectivity index (χ0v) is 21.0. The molecule has 2 amide bonds. The number of aromatic nitrogens is 1. The van der Waals surface area contributed by atoms with E-state index < -0.39 is 11.8 Å². The molecule has 4 aromatic rings. The molecule has 0 saturated carbocycles. The lowest BCUT2D eigenvalue weighted by molar-refractivity contribution is -0.117.